The van der Waals surface area contributed by atoms with E-state index in [1.807, 2.05) is 0 Å². The fourth-order valence-electron chi connectivity index (χ4n) is 2.54. The lowest BCUT2D eigenvalue weighted by Gasteiger charge is -2.19. The van der Waals surface area contributed by atoms with Gasteiger partial charge in [-0.1, -0.05) is 55.0 Å². The first-order valence-electron chi connectivity index (χ1n) is 7.25. The van der Waals surface area contributed by atoms with E-state index in [2.05, 4.69) is 68.7 Å². The van der Waals surface area contributed by atoms with Crippen LogP contribution in [0.5, 0.6) is 0 Å². The van der Waals surface area contributed by atoms with E-state index in [1.54, 1.807) is 0 Å². The molecule has 0 spiro atoms. The van der Waals surface area contributed by atoms with Crippen LogP contribution in [0.4, 0.5) is 0 Å². The summed E-state index contributed by atoms with van der Waals surface area (Å²) >= 11 is 0. The summed E-state index contributed by atoms with van der Waals surface area (Å²) in [4.78, 5) is 0. The maximum absolute atomic E-state index is 5.78. The van der Waals surface area contributed by atoms with Gasteiger partial charge in [0.15, 0.2) is 0 Å². The quantitative estimate of drug-likeness (QED) is 0.642. The highest BCUT2D eigenvalue weighted by Gasteiger charge is 2.12. The van der Waals surface area contributed by atoms with Crippen LogP contribution in [0, 0.1) is 13.8 Å². The molecule has 2 nitrogen and oxygen atoms in total. The van der Waals surface area contributed by atoms with Crippen LogP contribution in [0.15, 0.2) is 42.5 Å². The van der Waals surface area contributed by atoms with Crippen molar-refractivity contribution in [1.82, 2.24) is 5.43 Å². The van der Waals surface area contributed by atoms with Crippen molar-refractivity contribution in [1.29, 1.82) is 0 Å². The number of benzene rings is 2. The maximum Gasteiger partial charge on any atom is 0.0500 e. The highest BCUT2D eigenvalue weighted by atomic mass is 15.2. The molecule has 20 heavy (non-hydrogen) atoms. The number of nitrogens with two attached hydrogens (primary N) is 1. The molecule has 0 radical (unpaired) electrons. The van der Waals surface area contributed by atoms with Crippen LogP contribution >= 0.6 is 0 Å². The van der Waals surface area contributed by atoms with Gasteiger partial charge in [0.25, 0.3) is 0 Å². The summed E-state index contributed by atoms with van der Waals surface area (Å²) in [5, 5.41) is 0. The van der Waals surface area contributed by atoms with Crippen LogP contribution in [-0.2, 0) is 12.8 Å². The summed E-state index contributed by atoms with van der Waals surface area (Å²) in [6, 6.07) is 15.4. The first-order chi connectivity index (χ1) is 9.63. The monoisotopic (exact) mass is 268 g/mol. The van der Waals surface area contributed by atoms with Gasteiger partial charge < -0.3 is 0 Å². The van der Waals surface area contributed by atoms with Gasteiger partial charge in [-0.15, -0.1) is 0 Å². The van der Waals surface area contributed by atoms with Crippen LogP contribution in [0.25, 0.3) is 0 Å². The lowest BCUT2D eigenvalue weighted by atomic mass is 9.94. The highest BCUT2D eigenvalue weighted by molar-refractivity contribution is 5.33. The van der Waals surface area contributed by atoms with E-state index in [0.717, 1.165) is 12.8 Å². The summed E-state index contributed by atoms with van der Waals surface area (Å²) < 4.78 is 0. The summed E-state index contributed by atoms with van der Waals surface area (Å²) in [6.45, 7) is 6.46. The standard InChI is InChI=1S/C18H24N2/c1-4-15-6-5-7-16(11-15)18(20-19)12-17-10-13(2)8-9-14(17)3/h5-11,18,20H,4,12,19H2,1-3H3. The molecule has 0 aliphatic rings. The Morgan fingerprint density at radius 1 is 1.10 bits per heavy atom. The fourth-order valence-corrected chi connectivity index (χ4v) is 2.54. The van der Waals surface area contributed by atoms with Crippen molar-refractivity contribution in [2.75, 3.05) is 0 Å². The zero-order chi connectivity index (χ0) is 14.5. The molecule has 3 N–H and O–H groups in total. The predicted molar refractivity (Wildman–Crippen MR) is 85.5 cm³/mol. The number of rotatable bonds is 5. The van der Waals surface area contributed by atoms with Gasteiger partial charge in [0.05, 0.1) is 0 Å². The minimum atomic E-state index is 0.155. The van der Waals surface area contributed by atoms with Crippen molar-refractivity contribution in [3.8, 4) is 0 Å². The van der Waals surface area contributed by atoms with Crippen LogP contribution in [-0.4, -0.2) is 0 Å². The first kappa shape index (κ1) is 14.8. The molecular weight excluding hydrogens is 244 g/mol. The lowest BCUT2D eigenvalue weighted by Crippen LogP contribution is -2.29. The number of hydrogen-bond donors (Lipinski definition) is 2. The molecule has 2 aromatic rings. The minimum absolute atomic E-state index is 0.155. The van der Waals surface area contributed by atoms with Crippen molar-refractivity contribution in [2.45, 2.75) is 39.7 Å². The predicted octanol–water partition coefficient (Wildman–Crippen LogP) is 3.61. The highest BCUT2D eigenvalue weighted by Crippen LogP contribution is 2.22. The van der Waals surface area contributed by atoms with E-state index in [-0.39, 0.29) is 6.04 Å². The zero-order valence-electron chi connectivity index (χ0n) is 12.6. The van der Waals surface area contributed by atoms with Crippen molar-refractivity contribution < 1.29 is 0 Å². The summed E-state index contributed by atoms with van der Waals surface area (Å²) in [6.07, 6.45) is 1.96. The van der Waals surface area contributed by atoms with Crippen LogP contribution < -0.4 is 11.3 Å². The molecule has 106 valence electrons. The Balaban J connectivity index is 2.26. The number of hydrazine groups is 1. The molecule has 0 aromatic heterocycles. The number of aryl methyl sites for hydroxylation is 3. The second-order valence-electron chi connectivity index (χ2n) is 5.45. The number of hydrogen-bond acceptors (Lipinski definition) is 2. The first-order valence-corrected chi connectivity index (χ1v) is 7.25. The van der Waals surface area contributed by atoms with E-state index in [0.29, 0.717) is 0 Å². The largest absolute Gasteiger partial charge is 0.271 e. The smallest absolute Gasteiger partial charge is 0.0500 e. The normalized spacial score (nSPS) is 12.4. The van der Waals surface area contributed by atoms with E-state index in [4.69, 9.17) is 5.84 Å². The van der Waals surface area contributed by atoms with Crippen molar-refractivity contribution in [3.05, 3.63) is 70.3 Å². The molecule has 1 atom stereocenters. The molecule has 0 saturated carbocycles. The molecule has 0 heterocycles. The van der Waals surface area contributed by atoms with Gasteiger partial charge in [-0.3, -0.25) is 11.3 Å². The SMILES string of the molecule is CCc1cccc(C(Cc2cc(C)ccc2C)NN)c1. The average Bonchev–Trinajstić information content (AvgIpc) is 2.48. The molecule has 0 aliphatic carbocycles. The van der Waals surface area contributed by atoms with E-state index in [9.17, 15) is 0 Å². The topological polar surface area (TPSA) is 38.0 Å². The third-order valence-electron chi connectivity index (χ3n) is 3.89. The molecule has 0 saturated heterocycles. The van der Waals surface area contributed by atoms with Crippen molar-refractivity contribution in [2.24, 2.45) is 5.84 Å². The van der Waals surface area contributed by atoms with Gasteiger partial charge in [0.2, 0.25) is 0 Å². The fraction of sp³-hybridized carbons (Fsp3) is 0.333. The Morgan fingerprint density at radius 3 is 2.60 bits per heavy atom. The molecule has 0 aliphatic heterocycles. The number of nitrogens with one attached hydrogen (secondary N) is 1. The van der Waals surface area contributed by atoms with Gasteiger partial charge in [-0.05, 0) is 48.9 Å². The Morgan fingerprint density at radius 2 is 1.90 bits per heavy atom. The van der Waals surface area contributed by atoms with Gasteiger partial charge in [-0.25, -0.2) is 0 Å². The second-order valence-corrected chi connectivity index (χ2v) is 5.45. The van der Waals surface area contributed by atoms with E-state index >= 15 is 0 Å². The molecular formula is C18H24N2. The van der Waals surface area contributed by atoms with Crippen LogP contribution in [0.1, 0.15) is 40.8 Å². The van der Waals surface area contributed by atoms with E-state index in [1.165, 1.54) is 27.8 Å². The molecule has 0 bridgehead atoms. The zero-order valence-corrected chi connectivity index (χ0v) is 12.6. The molecule has 2 rings (SSSR count). The Hall–Kier alpha value is -1.64. The average molecular weight is 268 g/mol. The molecule has 0 fully saturated rings. The summed E-state index contributed by atoms with van der Waals surface area (Å²) in [5.74, 6) is 5.78. The summed E-state index contributed by atoms with van der Waals surface area (Å²) in [5.41, 5.74) is 9.55. The maximum atomic E-state index is 5.78. The minimum Gasteiger partial charge on any atom is -0.271 e. The molecule has 2 aromatic carbocycles. The lowest BCUT2D eigenvalue weighted by molar-refractivity contribution is 0.550. The third kappa shape index (κ3) is 3.47. The molecule has 1 unspecified atom stereocenters. The Kier molecular flexibility index (Phi) is 4.94. The van der Waals surface area contributed by atoms with Crippen LogP contribution in [0.3, 0.4) is 0 Å². The van der Waals surface area contributed by atoms with E-state index < -0.39 is 0 Å². The van der Waals surface area contributed by atoms with Crippen molar-refractivity contribution >= 4 is 0 Å². The van der Waals surface area contributed by atoms with Crippen LogP contribution in [0.2, 0.25) is 0 Å². The van der Waals surface area contributed by atoms with Gasteiger partial charge in [0.1, 0.15) is 0 Å². The molecule has 0 amide bonds. The Labute approximate surface area is 122 Å². The second kappa shape index (κ2) is 6.69. The summed E-state index contributed by atoms with van der Waals surface area (Å²) in [7, 11) is 0. The van der Waals surface area contributed by atoms with Gasteiger partial charge in [-0.2, -0.15) is 0 Å². The Bertz CT molecular complexity index is 575. The van der Waals surface area contributed by atoms with Gasteiger partial charge >= 0.3 is 0 Å². The third-order valence-corrected chi connectivity index (χ3v) is 3.89. The van der Waals surface area contributed by atoms with Crippen molar-refractivity contribution in [3.63, 3.8) is 0 Å². The molecule has 2 heteroatoms. The van der Waals surface area contributed by atoms with Gasteiger partial charge in [0, 0.05) is 6.04 Å².